The summed E-state index contributed by atoms with van der Waals surface area (Å²) in [6.45, 7) is 11.1. The molecule has 0 atom stereocenters. The summed E-state index contributed by atoms with van der Waals surface area (Å²) < 4.78 is 15.9. The molecule has 120 valence electrons. The molecule has 2 saturated heterocycles. The fraction of sp³-hybridized carbons (Fsp3) is 1.00. The van der Waals surface area contributed by atoms with Crippen LogP contribution in [0.4, 0.5) is 0 Å². The van der Waals surface area contributed by atoms with Crippen LogP contribution in [0.25, 0.3) is 0 Å². The molecule has 1 saturated carbocycles. The predicted octanol–water partition coefficient (Wildman–Crippen LogP) is 2.78. The third-order valence-electron chi connectivity index (χ3n) is 4.35. The first kappa shape index (κ1) is 17.9. The van der Waals surface area contributed by atoms with Crippen LogP contribution in [0.15, 0.2) is 0 Å². The highest BCUT2D eigenvalue weighted by molar-refractivity contribution is 4.97. The van der Waals surface area contributed by atoms with Gasteiger partial charge in [-0.25, -0.2) is 0 Å². The van der Waals surface area contributed by atoms with Crippen LogP contribution in [0.2, 0.25) is 0 Å². The molecule has 0 radical (unpaired) electrons. The van der Waals surface area contributed by atoms with Crippen molar-refractivity contribution in [1.82, 2.24) is 0 Å². The Bertz CT molecular complexity index is 248. The van der Waals surface area contributed by atoms with Gasteiger partial charge in [0.1, 0.15) is 0 Å². The molecule has 2 heterocycles. The first-order chi connectivity index (χ1) is 9.43. The molecule has 3 aliphatic rings. The van der Waals surface area contributed by atoms with Crippen molar-refractivity contribution >= 4 is 0 Å². The molecular formula is C16H32O4. The zero-order valence-corrected chi connectivity index (χ0v) is 13.6. The lowest BCUT2D eigenvalue weighted by atomic mass is 9.69. The fourth-order valence-electron chi connectivity index (χ4n) is 3.17. The van der Waals surface area contributed by atoms with E-state index >= 15 is 0 Å². The van der Waals surface area contributed by atoms with Gasteiger partial charge in [-0.3, -0.25) is 0 Å². The lowest BCUT2D eigenvalue weighted by molar-refractivity contribution is -0.229. The van der Waals surface area contributed by atoms with E-state index in [0.717, 1.165) is 12.5 Å². The number of aliphatic hydroxyl groups excluding tert-OH is 1. The Hall–Kier alpha value is -0.160. The number of ether oxygens (including phenoxy) is 3. The molecule has 2 aliphatic heterocycles. The second-order valence-electron chi connectivity index (χ2n) is 6.46. The van der Waals surface area contributed by atoms with E-state index in [9.17, 15) is 0 Å². The molecular weight excluding hydrogens is 256 g/mol. The molecule has 4 nitrogen and oxygen atoms in total. The molecule has 3 rings (SSSR count). The molecule has 0 spiro atoms. The minimum atomic E-state index is 0.0894. The van der Waals surface area contributed by atoms with E-state index in [1.165, 1.54) is 25.7 Å². The van der Waals surface area contributed by atoms with Crippen molar-refractivity contribution in [2.45, 2.75) is 64.6 Å². The summed E-state index contributed by atoms with van der Waals surface area (Å²) in [6, 6.07) is 0. The summed E-state index contributed by atoms with van der Waals surface area (Å²) in [6.07, 6.45) is 5.31. The van der Waals surface area contributed by atoms with Crippen molar-refractivity contribution in [1.29, 1.82) is 0 Å². The Morgan fingerprint density at radius 1 is 1.05 bits per heavy atom. The number of hydrogen-bond donors (Lipinski definition) is 1. The molecule has 2 bridgehead atoms. The first-order valence-corrected chi connectivity index (χ1v) is 7.90. The van der Waals surface area contributed by atoms with Crippen LogP contribution in [0.3, 0.4) is 0 Å². The number of fused-ring (bicyclic) bond motifs is 3. The fourth-order valence-corrected chi connectivity index (χ4v) is 3.17. The summed E-state index contributed by atoms with van der Waals surface area (Å²) in [5, 5.41) is 8.26. The minimum absolute atomic E-state index is 0.0894. The highest BCUT2D eigenvalue weighted by Gasteiger charge is 2.47. The predicted molar refractivity (Wildman–Crippen MR) is 79.9 cm³/mol. The van der Waals surface area contributed by atoms with E-state index in [2.05, 4.69) is 20.8 Å². The highest BCUT2D eigenvalue weighted by Crippen LogP contribution is 2.49. The van der Waals surface area contributed by atoms with Crippen LogP contribution >= 0.6 is 0 Å². The molecule has 1 aliphatic carbocycles. The summed E-state index contributed by atoms with van der Waals surface area (Å²) in [5.41, 5.74) is 0.378. The summed E-state index contributed by atoms with van der Waals surface area (Å²) in [5.74, 6) is 0.823. The molecule has 1 N–H and O–H groups in total. The molecule has 20 heavy (non-hydrogen) atoms. The Morgan fingerprint density at radius 2 is 1.65 bits per heavy atom. The molecule has 0 aromatic rings. The molecule has 4 heteroatoms. The molecule has 3 fully saturated rings. The van der Waals surface area contributed by atoms with E-state index in [4.69, 9.17) is 19.3 Å². The summed E-state index contributed by atoms with van der Waals surface area (Å²) in [4.78, 5) is 0. The van der Waals surface area contributed by atoms with Crippen molar-refractivity contribution < 1.29 is 19.3 Å². The van der Waals surface area contributed by atoms with Gasteiger partial charge in [0.05, 0.1) is 37.6 Å². The van der Waals surface area contributed by atoms with Crippen molar-refractivity contribution in [3.63, 3.8) is 0 Å². The van der Waals surface area contributed by atoms with Crippen molar-refractivity contribution in [2.75, 3.05) is 33.0 Å². The Morgan fingerprint density at radius 3 is 2.05 bits per heavy atom. The summed E-state index contributed by atoms with van der Waals surface area (Å²) in [7, 11) is 0. The van der Waals surface area contributed by atoms with Crippen LogP contribution in [-0.4, -0.2) is 49.3 Å². The topological polar surface area (TPSA) is 47.9 Å². The quantitative estimate of drug-likeness (QED) is 0.764. The first-order valence-electron chi connectivity index (χ1n) is 7.90. The van der Waals surface area contributed by atoms with Gasteiger partial charge in [-0.1, -0.05) is 0 Å². The van der Waals surface area contributed by atoms with Gasteiger partial charge in [0.15, 0.2) is 0 Å². The Labute approximate surface area is 123 Å². The van der Waals surface area contributed by atoms with Gasteiger partial charge in [-0.05, 0) is 59.3 Å². The lowest BCUT2D eigenvalue weighted by Crippen LogP contribution is -2.53. The average molecular weight is 288 g/mol. The van der Waals surface area contributed by atoms with Crippen LogP contribution in [-0.2, 0) is 14.2 Å². The van der Waals surface area contributed by atoms with Crippen LogP contribution in [0, 0.1) is 5.92 Å². The number of hydrogen-bond acceptors (Lipinski definition) is 4. The van der Waals surface area contributed by atoms with Gasteiger partial charge in [0, 0.05) is 6.61 Å². The second kappa shape index (κ2) is 8.32. The molecule has 0 aromatic heterocycles. The van der Waals surface area contributed by atoms with Gasteiger partial charge in [0.25, 0.3) is 0 Å². The SMILES string of the molecule is CC12CCC(CC1)C(C)(C)O2.CCOCCOCCO. The van der Waals surface area contributed by atoms with E-state index in [1.54, 1.807) is 0 Å². The molecule has 0 amide bonds. The van der Waals surface area contributed by atoms with Crippen LogP contribution < -0.4 is 0 Å². The van der Waals surface area contributed by atoms with Crippen molar-refractivity contribution in [3.8, 4) is 0 Å². The zero-order chi connectivity index (χ0) is 15.1. The van der Waals surface area contributed by atoms with E-state index in [0.29, 0.717) is 19.8 Å². The third-order valence-corrected chi connectivity index (χ3v) is 4.35. The van der Waals surface area contributed by atoms with Crippen molar-refractivity contribution in [2.24, 2.45) is 5.92 Å². The summed E-state index contributed by atoms with van der Waals surface area (Å²) >= 11 is 0. The standard InChI is InChI=1S/C10H18O.C6H14O3/c1-9(2)8-4-6-10(3,11-9)7-5-8;1-2-8-5-6-9-4-3-7/h8H,4-7H2,1-3H3;7H,2-6H2,1H3. The second-order valence-corrected chi connectivity index (χ2v) is 6.46. The monoisotopic (exact) mass is 288 g/mol. The normalized spacial score (nSPS) is 30.8. The lowest BCUT2D eigenvalue weighted by Gasteiger charge is -2.54. The molecule has 0 aromatic carbocycles. The van der Waals surface area contributed by atoms with Gasteiger partial charge >= 0.3 is 0 Å². The van der Waals surface area contributed by atoms with Crippen LogP contribution in [0.5, 0.6) is 0 Å². The number of rotatable bonds is 6. The van der Waals surface area contributed by atoms with E-state index in [-0.39, 0.29) is 17.8 Å². The van der Waals surface area contributed by atoms with Gasteiger partial charge in [0.2, 0.25) is 0 Å². The van der Waals surface area contributed by atoms with Gasteiger partial charge in [-0.15, -0.1) is 0 Å². The smallest absolute Gasteiger partial charge is 0.0701 e. The van der Waals surface area contributed by atoms with Gasteiger partial charge < -0.3 is 19.3 Å². The average Bonchev–Trinajstić information content (AvgIpc) is 2.38. The maximum Gasteiger partial charge on any atom is 0.0701 e. The maximum atomic E-state index is 8.26. The highest BCUT2D eigenvalue weighted by atomic mass is 16.5. The Kier molecular flexibility index (Phi) is 7.45. The molecule has 0 unspecified atom stereocenters. The minimum Gasteiger partial charge on any atom is -0.394 e. The van der Waals surface area contributed by atoms with Crippen LogP contribution in [0.1, 0.15) is 53.4 Å². The van der Waals surface area contributed by atoms with Crippen molar-refractivity contribution in [3.05, 3.63) is 0 Å². The zero-order valence-electron chi connectivity index (χ0n) is 13.6. The number of aliphatic hydroxyl groups is 1. The Balaban J connectivity index is 0.000000206. The third kappa shape index (κ3) is 5.68. The van der Waals surface area contributed by atoms with E-state index < -0.39 is 0 Å². The van der Waals surface area contributed by atoms with E-state index in [1.807, 2.05) is 6.92 Å². The largest absolute Gasteiger partial charge is 0.394 e. The van der Waals surface area contributed by atoms with Gasteiger partial charge in [-0.2, -0.15) is 0 Å². The maximum absolute atomic E-state index is 8.26.